The number of fused-ring (bicyclic) bond motifs is 3. The molecule has 0 saturated heterocycles. The summed E-state index contributed by atoms with van der Waals surface area (Å²) < 4.78 is 5.36. The number of nitrogens with one attached hydrogen (secondary N) is 1. The molecule has 0 amide bonds. The number of hydrogen-bond acceptors (Lipinski definition) is 4. The number of hydrogen-bond donors (Lipinski definition) is 1. The van der Waals surface area contributed by atoms with Crippen LogP contribution in [0.15, 0.2) is 57.0 Å². The number of nitrogens with zero attached hydrogens (tertiary/aromatic N) is 2. The molecule has 114 valence electrons. The summed E-state index contributed by atoms with van der Waals surface area (Å²) in [6, 6.07) is 8.88. The predicted molar refractivity (Wildman–Crippen MR) is 88.1 cm³/mol. The summed E-state index contributed by atoms with van der Waals surface area (Å²) in [5.74, 6) is 0.654. The molecule has 4 rings (SSSR count). The highest BCUT2D eigenvalue weighted by Gasteiger charge is 2.27. The fourth-order valence-corrected chi connectivity index (χ4v) is 2.96. The second-order valence-corrected chi connectivity index (χ2v) is 5.80. The molecule has 0 aliphatic carbocycles. The van der Waals surface area contributed by atoms with Gasteiger partial charge in [-0.1, -0.05) is 28.9 Å². The van der Waals surface area contributed by atoms with Crippen LogP contribution in [-0.2, 0) is 0 Å². The van der Waals surface area contributed by atoms with Gasteiger partial charge in [0.25, 0.3) is 5.56 Å². The van der Waals surface area contributed by atoms with Crippen molar-refractivity contribution in [2.75, 3.05) is 0 Å². The molecule has 3 aromatic rings. The molecule has 0 fully saturated rings. The molecular weight excluding hydrogens is 314 g/mol. The smallest absolute Gasteiger partial charge is 0.258 e. The Kier molecular flexibility index (Phi) is 3.16. The minimum absolute atomic E-state index is 0.197. The molecule has 6 heteroatoms. The lowest BCUT2D eigenvalue weighted by atomic mass is 9.96. The zero-order valence-corrected chi connectivity index (χ0v) is 13.0. The maximum Gasteiger partial charge on any atom is 0.258 e. The van der Waals surface area contributed by atoms with Crippen LogP contribution >= 0.6 is 11.6 Å². The predicted octanol–water partition coefficient (Wildman–Crippen LogP) is 3.60. The largest absolute Gasteiger partial charge is 0.358 e. The second-order valence-electron chi connectivity index (χ2n) is 5.36. The summed E-state index contributed by atoms with van der Waals surface area (Å²) in [4.78, 5) is 19.9. The van der Waals surface area contributed by atoms with E-state index in [1.165, 1.54) is 0 Å². The molecule has 3 heterocycles. The van der Waals surface area contributed by atoms with Crippen molar-refractivity contribution in [2.45, 2.75) is 13.0 Å². The Morgan fingerprint density at radius 2 is 1.96 bits per heavy atom. The van der Waals surface area contributed by atoms with Crippen LogP contribution < -0.4 is 5.56 Å². The number of aromatic amines is 1. The number of aromatic nitrogens is 2. The van der Waals surface area contributed by atoms with Gasteiger partial charge in [-0.2, -0.15) is 0 Å². The lowest BCUT2D eigenvalue weighted by molar-refractivity contribution is 0.369. The Morgan fingerprint density at radius 1 is 1.17 bits per heavy atom. The van der Waals surface area contributed by atoms with Crippen LogP contribution in [0.5, 0.6) is 0 Å². The van der Waals surface area contributed by atoms with Gasteiger partial charge in [-0.3, -0.25) is 9.79 Å². The van der Waals surface area contributed by atoms with Gasteiger partial charge >= 0.3 is 0 Å². The van der Waals surface area contributed by atoms with Crippen LogP contribution in [-0.4, -0.2) is 15.9 Å². The molecule has 1 aliphatic heterocycles. The summed E-state index contributed by atoms with van der Waals surface area (Å²) >= 11 is 5.97. The van der Waals surface area contributed by atoms with E-state index in [9.17, 15) is 4.79 Å². The maximum absolute atomic E-state index is 12.5. The molecule has 0 bridgehead atoms. The van der Waals surface area contributed by atoms with Crippen LogP contribution in [0.2, 0.25) is 5.02 Å². The lowest BCUT2D eigenvalue weighted by Gasteiger charge is -2.09. The highest BCUT2D eigenvalue weighted by atomic mass is 35.5. The monoisotopic (exact) mass is 325 g/mol. The van der Waals surface area contributed by atoms with Gasteiger partial charge in [-0.05, 0) is 25.1 Å². The van der Waals surface area contributed by atoms with Gasteiger partial charge in [0.05, 0.1) is 17.5 Å². The molecule has 0 saturated carbocycles. The molecule has 23 heavy (non-hydrogen) atoms. The van der Waals surface area contributed by atoms with E-state index in [-0.39, 0.29) is 11.6 Å². The minimum atomic E-state index is -0.245. The molecule has 1 aromatic carbocycles. The van der Waals surface area contributed by atoms with Crippen molar-refractivity contribution in [1.29, 1.82) is 0 Å². The zero-order valence-electron chi connectivity index (χ0n) is 12.2. The standard InChI is InChI=1S/C17H12ClN3O2/c1-9-16-13(8-20-23-16)12-6-7-19-17(22)14(12)15(21-9)10-2-4-11(18)5-3-10/h2-9H,1H3,(H,19,22). The Bertz CT molecular complexity index is 970. The highest BCUT2D eigenvalue weighted by molar-refractivity contribution is 6.30. The summed E-state index contributed by atoms with van der Waals surface area (Å²) in [5.41, 5.74) is 3.34. The number of rotatable bonds is 1. The average Bonchev–Trinajstić information content (AvgIpc) is 2.99. The maximum atomic E-state index is 12.5. The van der Waals surface area contributed by atoms with Crippen molar-refractivity contribution < 1.29 is 4.52 Å². The minimum Gasteiger partial charge on any atom is -0.358 e. The van der Waals surface area contributed by atoms with Gasteiger partial charge < -0.3 is 9.51 Å². The van der Waals surface area contributed by atoms with E-state index in [2.05, 4.69) is 10.1 Å². The normalized spacial score (nSPS) is 16.3. The Balaban J connectivity index is 2.05. The van der Waals surface area contributed by atoms with E-state index in [0.29, 0.717) is 22.1 Å². The van der Waals surface area contributed by atoms with Gasteiger partial charge in [-0.15, -0.1) is 0 Å². The lowest BCUT2D eigenvalue weighted by Crippen LogP contribution is -2.19. The van der Waals surface area contributed by atoms with Gasteiger partial charge in [0.2, 0.25) is 0 Å². The van der Waals surface area contributed by atoms with Crippen molar-refractivity contribution in [3.63, 3.8) is 0 Å². The van der Waals surface area contributed by atoms with E-state index in [1.54, 1.807) is 24.5 Å². The second kappa shape index (κ2) is 5.21. The Labute approximate surface area is 136 Å². The van der Waals surface area contributed by atoms with Crippen LogP contribution in [0.25, 0.3) is 11.1 Å². The third-order valence-electron chi connectivity index (χ3n) is 3.91. The summed E-state index contributed by atoms with van der Waals surface area (Å²) in [7, 11) is 0. The SMILES string of the molecule is CC1N=C(c2ccc(Cl)cc2)c2c(cc[nH]c2=O)-c2cnoc21. The van der Waals surface area contributed by atoms with Crippen LogP contribution in [0.3, 0.4) is 0 Å². The third kappa shape index (κ3) is 2.21. The molecule has 0 radical (unpaired) electrons. The molecule has 2 aromatic heterocycles. The molecule has 1 aliphatic rings. The molecular formula is C17H12ClN3O2. The van der Waals surface area contributed by atoms with Crippen LogP contribution in [0.4, 0.5) is 0 Å². The first-order valence-electron chi connectivity index (χ1n) is 7.16. The molecule has 1 atom stereocenters. The topological polar surface area (TPSA) is 71.2 Å². The first-order chi connectivity index (χ1) is 11.1. The number of H-pyrrole nitrogens is 1. The van der Waals surface area contributed by atoms with Gasteiger partial charge in [-0.25, -0.2) is 0 Å². The Hall–Kier alpha value is -2.66. The van der Waals surface area contributed by atoms with E-state index in [0.717, 1.165) is 16.7 Å². The zero-order chi connectivity index (χ0) is 16.0. The van der Waals surface area contributed by atoms with E-state index in [1.807, 2.05) is 25.1 Å². The first kappa shape index (κ1) is 14.0. The molecule has 1 unspecified atom stereocenters. The molecule has 0 spiro atoms. The summed E-state index contributed by atoms with van der Waals surface area (Å²) in [6.07, 6.45) is 3.25. The van der Waals surface area contributed by atoms with Crippen molar-refractivity contribution in [3.05, 3.63) is 75.0 Å². The summed E-state index contributed by atoms with van der Waals surface area (Å²) in [6.45, 7) is 1.92. The third-order valence-corrected chi connectivity index (χ3v) is 4.16. The summed E-state index contributed by atoms with van der Waals surface area (Å²) in [5, 5.41) is 4.49. The molecule has 1 N–H and O–H groups in total. The van der Waals surface area contributed by atoms with Gasteiger partial charge in [0.1, 0.15) is 6.04 Å². The van der Waals surface area contributed by atoms with Crippen molar-refractivity contribution in [2.24, 2.45) is 4.99 Å². The average molecular weight is 326 g/mol. The number of aliphatic imine (C=N–C) groups is 1. The molecule has 5 nitrogen and oxygen atoms in total. The van der Waals surface area contributed by atoms with Crippen molar-refractivity contribution >= 4 is 17.3 Å². The van der Waals surface area contributed by atoms with Gasteiger partial charge in [0.15, 0.2) is 5.76 Å². The van der Waals surface area contributed by atoms with E-state index < -0.39 is 0 Å². The van der Waals surface area contributed by atoms with Crippen LogP contribution in [0.1, 0.15) is 29.9 Å². The quantitative estimate of drug-likeness (QED) is 0.743. The first-order valence-corrected chi connectivity index (χ1v) is 7.53. The number of benzene rings is 1. The van der Waals surface area contributed by atoms with Crippen LogP contribution in [0, 0.1) is 0 Å². The van der Waals surface area contributed by atoms with E-state index in [4.69, 9.17) is 21.1 Å². The van der Waals surface area contributed by atoms with E-state index >= 15 is 0 Å². The fourth-order valence-electron chi connectivity index (χ4n) is 2.83. The highest BCUT2D eigenvalue weighted by Crippen LogP contribution is 2.35. The Morgan fingerprint density at radius 3 is 2.74 bits per heavy atom. The van der Waals surface area contributed by atoms with Gasteiger partial charge in [0, 0.05) is 27.9 Å². The fraction of sp³-hybridized carbons (Fsp3) is 0.118. The number of pyridine rings is 1. The van der Waals surface area contributed by atoms with Crippen molar-refractivity contribution in [1.82, 2.24) is 10.1 Å². The number of halogens is 1. The van der Waals surface area contributed by atoms with Crippen molar-refractivity contribution in [3.8, 4) is 11.1 Å².